The number of carbonyl (C=O) groups excluding carboxylic acids is 1. The van der Waals surface area contributed by atoms with Crippen LogP contribution in [0.3, 0.4) is 0 Å². The number of halogens is 2. The number of rotatable bonds is 9. The highest BCUT2D eigenvalue weighted by molar-refractivity contribution is 6.64. The molecule has 4 aromatic rings. The zero-order valence-electron chi connectivity index (χ0n) is 19.5. The number of anilines is 1. The molecule has 0 saturated carbocycles. The Morgan fingerprint density at radius 2 is 1.86 bits per heavy atom. The number of amides is 1. The summed E-state index contributed by atoms with van der Waals surface area (Å²) >= 11 is 0. The Morgan fingerprint density at radius 1 is 1.08 bits per heavy atom. The fraction of sp³-hybridized carbons (Fsp3) is 0.0800. The molecule has 0 aliphatic heterocycles. The van der Waals surface area contributed by atoms with Gasteiger partial charge in [-0.05, 0) is 66.6 Å². The molecule has 9 nitrogen and oxygen atoms in total. The van der Waals surface area contributed by atoms with E-state index in [-0.39, 0.29) is 22.7 Å². The van der Waals surface area contributed by atoms with Crippen molar-refractivity contribution in [1.82, 2.24) is 15.2 Å². The number of H-pyrrole nitrogens is 1. The molecular weight excluding hydrogens is 485 g/mol. The average molecular weight is 506 g/mol. The number of pyridine rings is 1. The maximum atomic E-state index is 14.5. The highest BCUT2D eigenvalue weighted by atomic mass is 19.1. The normalized spacial score (nSPS) is 10.7. The third kappa shape index (κ3) is 6.37. The predicted octanol–water partition coefficient (Wildman–Crippen LogP) is 3.07. The molecule has 4 rings (SSSR count). The maximum Gasteiger partial charge on any atom is 0.415 e. The highest BCUT2D eigenvalue weighted by Crippen LogP contribution is 2.28. The minimum atomic E-state index is -1.21. The molecule has 1 amide bonds. The number of ether oxygens (including phenoxy) is 1. The molecule has 188 valence electrons. The van der Waals surface area contributed by atoms with Gasteiger partial charge in [-0.2, -0.15) is 0 Å². The van der Waals surface area contributed by atoms with E-state index in [9.17, 15) is 23.4 Å². The zero-order chi connectivity index (χ0) is 26.5. The van der Waals surface area contributed by atoms with E-state index in [1.54, 1.807) is 19.1 Å². The van der Waals surface area contributed by atoms with Gasteiger partial charge < -0.3 is 30.4 Å². The van der Waals surface area contributed by atoms with Crippen molar-refractivity contribution in [3.05, 3.63) is 89.8 Å². The van der Waals surface area contributed by atoms with Crippen LogP contribution in [-0.4, -0.2) is 45.6 Å². The molecular formula is C25H21BF2N4O5. The van der Waals surface area contributed by atoms with Crippen LogP contribution in [-0.2, 0) is 4.79 Å². The van der Waals surface area contributed by atoms with E-state index in [2.05, 4.69) is 20.5 Å². The van der Waals surface area contributed by atoms with Gasteiger partial charge in [-0.1, -0.05) is 6.07 Å². The van der Waals surface area contributed by atoms with Gasteiger partial charge in [0, 0.05) is 17.8 Å². The molecule has 0 atom stereocenters. The summed E-state index contributed by atoms with van der Waals surface area (Å²) in [5.41, 5.74) is 2.10. The van der Waals surface area contributed by atoms with Gasteiger partial charge in [0.1, 0.15) is 11.6 Å². The summed E-state index contributed by atoms with van der Waals surface area (Å²) in [4.78, 5) is 30.5. The largest absolute Gasteiger partial charge is 0.480 e. The molecule has 0 spiro atoms. The summed E-state index contributed by atoms with van der Waals surface area (Å²) < 4.78 is 34.2. The molecule has 0 fully saturated rings. The van der Waals surface area contributed by atoms with Gasteiger partial charge in [0.15, 0.2) is 11.6 Å². The third-order valence-electron chi connectivity index (χ3n) is 5.27. The van der Waals surface area contributed by atoms with E-state index in [0.717, 1.165) is 11.6 Å². The molecule has 0 radical (unpaired) electrons. The van der Waals surface area contributed by atoms with Crippen LogP contribution in [0.4, 0.5) is 14.5 Å². The fourth-order valence-electron chi connectivity index (χ4n) is 3.42. The number of aromatic nitrogens is 2. The van der Waals surface area contributed by atoms with Crippen molar-refractivity contribution in [1.29, 1.82) is 0 Å². The van der Waals surface area contributed by atoms with Crippen LogP contribution in [0.5, 0.6) is 11.5 Å². The van der Waals surface area contributed by atoms with Gasteiger partial charge in [-0.15, -0.1) is 0 Å². The number of nitrogens with zero attached hydrogens (tertiary/aromatic N) is 1. The highest BCUT2D eigenvalue weighted by Gasteiger charge is 2.18. The van der Waals surface area contributed by atoms with Crippen molar-refractivity contribution in [3.8, 4) is 22.9 Å². The summed E-state index contributed by atoms with van der Waals surface area (Å²) in [5, 5.41) is 23.7. The molecule has 2 aromatic carbocycles. The smallest absolute Gasteiger partial charge is 0.415 e. The number of carboxylic acids is 1. The molecule has 5 N–H and O–H groups in total. The standard InChI is InChI=1S/C25H21BF2N4O5/c1-14-2-4-18(27)20(8-14)32-25(35)15-3-5-19(28)23(9-15)37-17-6-7-29-22(11-17)21-10-16(12-30-21)26(36)31-13-24(33)34/h2-12,30-31,36H,13H2,1H3,(H,32,35)(H,33,34). The molecule has 2 heterocycles. The Bertz CT molecular complexity index is 1460. The third-order valence-corrected chi connectivity index (χ3v) is 5.27. The van der Waals surface area contributed by atoms with E-state index in [1.165, 1.54) is 48.8 Å². The second-order valence-electron chi connectivity index (χ2n) is 8.09. The Labute approximate surface area is 210 Å². The van der Waals surface area contributed by atoms with Gasteiger partial charge in [0.2, 0.25) is 0 Å². The number of hydrogen-bond donors (Lipinski definition) is 5. The number of carbonyl (C=O) groups is 2. The number of aryl methyl sites for hydroxylation is 1. The maximum absolute atomic E-state index is 14.5. The SMILES string of the molecule is Cc1ccc(F)c(NC(=O)c2ccc(F)c(Oc3ccnc(-c4cc(B(O)NCC(=O)O)c[nH]4)c3)c2)c1. The Balaban J connectivity index is 1.50. The first-order valence-corrected chi connectivity index (χ1v) is 11.0. The predicted molar refractivity (Wildman–Crippen MR) is 133 cm³/mol. The number of benzene rings is 2. The molecule has 0 aliphatic rings. The monoisotopic (exact) mass is 506 g/mol. The second-order valence-corrected chi connectivity index (χ2v) is 8.09. The van der Waals surface area contributed by atoms with E-state index in [0.29, 0.717) is 16.9 Å². The van der Waals surface area contributed by atoms with Crippen LogP contribution < -0.4 is 20.7 Å². The van der Waals surface area contributed by atoms with Crippen LogP contribution in [0.1, 0.15) is 15.9 Å². The first-order chi connectivity index (χ1) is 17.7. The number of hydrogen-bond acceptors (Lipinski definition) is 6. The quantitative estimate of drug-likeness (QED) is 0.220. The van der Waals surface area contributed by atoms with Crippen LogP contribution in [0.2, 0.25) is 0 Å². The zero-order valence-corrected chi connectivity index (χ0v) is 19.5. The molecule has 37 heavy (non-hydrogen) atoms. The van der Waals surface area contributed by atoms with Crippen LogP contribution in [0, 0.1) is 18.6 Å². The van der Waals surface area contributed by atoms with Crippen molar-refractivity contribution in [3.63, 3.8) is 0 Å². The lowest BCUT2D eigenvalue weighted by Crippen LogP contribution is -2.46. The van der Waals surface area contributed by atoms with Crippen molar-refractivity contribution in [2.75, 3.05) is 11.9 Å². The lowest BCUT2D eigenvalue weighted by molar-refractivity contribution is -0.135. The molecule has 0 bridgehead atoms. The molecule has 12 heteroatoms. The van der Waals surface area contributed by atoms with Gasteiger partial charge in [0.25, 0.3) is 5.91 Å². The Morgan fingerprint density at radius 3 is 2.65 bits per heavy atom. The van der Waals surface area contributed by atoms with Crippen molar-refractivity contribution in [2.24, 2.45) is 0 Å². The topological polar surface area (TPSA) is 137 Å². The summed E-state index contributed by atoms with van der Waals surface area (Å²) in [6.07, 6.45) is 2.92. The average Bonchev–Trinajstić information content (AvgIpc) is 3.37. The molecule has 0 aliphatic carbocycles. The minimum absolute atomic E-state index is 0.00386. The second kappa shape index (κ2) is 11.0. The van der Waals surface area contributed by atoms with Crippen molar-refractivity contribution in [2.45, 2.75) is 6.92 Å². The minimum Gasteiger partial charge on any atom is -0.480 e. The van der Waals surface area contributed by atoms with E-state index in [1.807, 2.05) is 0 Å². The van der Waals surface area contributed by atoms with E-state index < -0.39 is 37.1 Å². The first-order valence-electron chi connectivity index (χ1n) is 11.0. The van der Waals surface area contributed by atoms with Crippen LogP contribution in [0.25, 0.3) is 11.4 Å². The summed E-state index contributed by atoms with van der Waals surface area (Å²) in [7, 11) is -1.21. The van der Waals surface area contributed by atoms with Crippen LogP contribution in [0.15, 0.2) is 67.0 Å². The first kappa shape index (κ1) is 25.5. The lowest BCUT2D eigenvalue weighted by atomic mass is 9.76. The Hall–Kier alpha value is -4.55. The molecule has 2 aromatic heterocycles. The van der Waals surface area contributed by atoms with Crippen LogP contribution >= 0.6 is 0 Å². The van der Waals surface area contributed by atoms with Crippen molar-refractivity contribution < 1.29 is 33.2 Å². The summed E-state index contributed by atoms with van der Waals surface area (Å²) in [5.74, 6) is -3.08. The molecule has 0 unspecified atom stereocenters. The number of carboxylic acid groups (broad SMARTS) is 1. The summed E-state index contributed by atoms with van der Waals surface area (Å²) in [6.45, 7) is 1.33. The van der Waals surface area contributed by atoms with Gasteiger partial charge >= 0.3 is 13.0 Å². The number of nitrogens with one attached hydrogen (secondary N) is 3. The lowest BCUT2D eigenvalue weighted by Gasteiger charge is -2.11. The van der Waals surface area contributed by atoms with Gasteiger partial charge in [-0.3, -0.25) is 14.6 Å². The van der Waals surface area contributed by atoms with Crippen molar-refractivity contribution >= 4 is 30.1 Å². The Kier molecular flexibility index (Phi) is 7.61. The van der Waals surface area contributed by atoms with Gasteiger partial charge in [0.05, 0.1) is 23.6 Å². The summed E-state index contributed by atoms with van der Waals surface area (Å²) in [6, 6.07) is 12.4. The molecule has 0 saturated heterocycles. The van der Waals surface area contributed by atoms with E-state index >= 15 is 0 Å². The van der Waals surface area contributed by atoms with Gasteiger partial charge in [-0.25, -0.2) is 8.78 Å². The fourth-order valence-corrected chi connectivity index (χ4v) is 3.42. The van der Waals surface area contributed by atoms with E-state index in [4.69, 9.17) is 9.84 Å². The number of aromatic amines is 1. The number of aliphatic carboxylic acids is 1.